The Hall–Kier alpha value is -2.13. The SMILES string of the molecule is Oc1ccccc1.c1ccncc1.c1ccsc1. The van der Waals surface area contributed by atoms with Crippen LogP contribution in [0.2, 0.25) is 0 Å². The number of hydrogen-bond acceptors (Lipinski definition) is 3. The average Bonchev–Trinajstić information content (AvgIpc) is 3.01. The van der Waals surface area contributed by atoms with Crippen LogP contribution in [0, 0.1) is 0 Å². The minimum absolute atomic E-state index is 0.322. The molecule has 0 spiro atoms. The fraction of sp³-hybridized carbons (Fsp3) is 0. The number of aromatic nitrogens is 1. The summed E-state index contributed by atoms with van der Waals surface area (Å²) in [6.07, 6.45) is 3.50. The van der Waals surface area contributed by atoms with E-state index in [9.17, 15) is 0 Å². The molecule has 3 aromatic rings. The van der Waals surface area contributed by atoms with E-state index in [1.807, 2.05) is 47.2 Å². The molecule has 2 nitrogen and oxygen atoms in total. The lowest BCUT2D eigenvalue weighted by atomic mass is 10.3. The number of nitrogens with zero attached hydrogens (tertiary/aromatic N) is 1. The zero-order valence-corrected chi connectivity index (χ0v) is 10.7. The van der Waals surface area contributed by atoms with Crippen molar-refractivity contribution >= 4 is 11.3 Å². The van der Waals surface area contributed by atoms with Crippen LogP contribution in [0.4, 0.5) is 0 Å². The van der Waals surface area contributed by atoms with Gasteiger partial charge in [-0.2, -0.15) is 11.3 Å². The summed E-state index contributed by atoms with van der Waals surface area (Å²) >= 11 is 1.71. The van der Waals surface area contributed by atoms with E-state index in [2.05, 4.69) is 4.98 Å². The van der Waals surface area contributed by atoms with Gasteiger partial charge < -0.3 is 5.11 Å². The van der Waals surface area contributed by atoms with Crippen molar-refractivity contribution in [1.82, 2.24) is 4.98 Å². The topological polar surface area (TPSA) is 33.1 Å². The molecule has 18 heavy (non-hydrogen) atoms. The van der Waals surface area contributed by atoms with E-state index in [-0.39, 0.29) is 0 Å². The van der Waals surface area contributed by atoms with E-state index in [1.54, 1.807) is 48.0 Å². The number of benzene rings is 1. The zero-order chi connectivity index (χ0) is 12.9. The molecular formula is C15H15NOS. The van der Waals surface area contributed by atoms with Gasteiger partial charge in [-0.25, -0.2) is 0 Å². The maximum absolute atomic E-state index is 8.63. The first-order chi connectivity index (χ1) is 8.89. The quantitative estimate of drug-likeness (QED) is 0.654. The van der Waals surface area contributed by atoms with E-state index in [0.29, 0.717) is 5.75 Å². The molecule has 2 heterocycles. The van der Waals surface area contributed by atoms with Crippen molar-refractivity contribution < 1.29 is 5.11 Å². The first-order valence-corrected chi connectivity index (χ1v) is 6.40. The first kappa shape index (κ1) is 13.9. The number of rotatable bonds is 0. The number of phenols is 1. The molecule has 0 aliphatic rings. The Labute approximate surface area is 111 Å². The molecule has 0 bridgehead atoms. The van der Waals surface area contributed by atoms with E-state index >= 15 is 0 Å². The van der Waals surface area contributed by atoms with Gasteiger partial charge >= 0.3 is 0 Å². The van der Waals surface area contributed by atoms with Crippen LogP contribution in [0.15, 0.2) is 83.8 Å². The van der Waals surface area contributed by atoms with Gasteiger partial charge in [0.05, 0.1) is 0 Å². The Morgan fingerprint density at radius 3 is 1.50 bits per heavy atom. The third-order valence-corrected chi connectivity index (χ3v) is 2.38. The predicted octanol–water partition coefficient (Wildman–Crippen LogP) is 4.22. The number of thiophene rings is 1. The number of pyridine rings is 1. The first-order valence-electron chi connectivity index (χ1n) is 5.46. The van der Waals surface area contributed by atoms with E-state index in [1.165, 1.54) is 0 Å². The van der Waals surface area contributed by atoms with Crippen LogP contribution in [-0.2, 0) is 0 Å². The molecule has 92 valence electrons. The van der Waals surface area contributed by atoms with Gasteiger partial charge in [0.15, 0.2) is 0 Å². The molecular weight excluding hydrogens is 242 g/mol. The molecule has 0 radical (unpaired) electrons. The summed E-state index contributed by atoms with van der Waals surface area (Å²) in [5, 5.41) is 12.7. The van der Waals surface area contributed by atoms with Crippen LogP contribution in [0.3, 0.4) is 0 Å². The van der Waals surface area contributed by atoms with Crippen molar-refractivity contribution in [2.45, 2.75) is 0 Å². The van der Waals surface area contributed by atoms with Crippen molar-refractivity contribution in [2.75, 3.05) is 0 Å². The molecule has 0 atom stereocenters. The van der Waals surface area contributed by atoms with Crippen LogP contribution in [-0.4, -0.2) is 10.1 Å². The summed E-state index contributed by atoms with van der Waals surface area (Å²) in [6, 6.07) is 18.5. The van der Waals surface area contributed by atoms with Crippen LogP contribution in [0.25, 0.3) is 0 Å². The lowest BCUT2D eigenvalue weighted by Gasteiger charge is -1.82. The predicted molar refractivity (Wildman–Crippen MR) is 76.7 cm³/mol. The number of hydrogen-bond donors (Lipinski definition) is 1. The summed E-state index contributed by atoms with van der Waals surface area (Å²) in [5.41, 5.74) is 0. The van der Waals surface area contributed by atoms with E-state index in [0.717, 1.165) is 0 Å². The number of para-hydroxylation sites is 1. The van der Waals surface area contributed by atoms with Crippen molar-refractivity contribution in [3.63, 3.8) is 0 Å². The minimum Gasteiger partial charge on any atom is -0.508 e. The maximum Gasteiger partial charge on any atom is 0.115 e. The summed E-state index contributed by atoms with van der Waals surface area (Å²) in [7, 11) is 0. The molecule has 0 amide bonds. The molecule has 2 aromatic heterocycles. The Kier molecular flexibility index (Phi) is 7.78. The van der Waals surface area contributed by atoms with E-state index in [4.69, 9.17) is 5.11 Å². The molecule has 0 saturated carbocycles. The Morgan fingerprint density at radius 1 is 0.722 bits per heavy atom. The highest BCUT2D eigenvalue weighted by atomic mass is 32.1. The van der Waals surface area contributed by atoms with Gasteiger partial charge in [0.25, 0.3) is 0 Å². The third-order valence-electron chi connectivity index (χ3n) is 1.75. The largest absolute Gasteiger partial charge is 0.508 e. The molecule has 3 rings (SSSR count). The second-order valence-electron chi connectivity index (χ2n) is 3.15. The molecule has 0 unspecified atom stereocenters. The molecule has 3 heteroatoms. The second kappa shape index (κ2) is 10.1. The Bertz CT molecular complexity index is 424. The smallest absolute Gasteiger partial charge is 0.115 e. The highest BCUT2D eigenvalue weighted by molar-refractivity contribution is 7.07. The Balaban J connectivity index is 0.000000137. The average molecular weight is 257 g/mol. The lowest BCUT2D eigenvalue weighted by Crippen LogP contribution is -1.58. The molecule has 1 aromatic carbocycles. The lowest BCUT2D eigenvalue weighted by molar-refractivity contribution is 0.475. The normalized spacial score (nSPS) is 8.22. The summed E-state index contributed by atoms with van der Waals surface area (Å²) in [4.78, 5) is 3.78. The highest BCUT2D eigenvalue weighted by Gasteiger charge is 1.74. The van der Waals surface area contributed by atoms with E-state index < -0.39 is 0 Å². The van der Waals surface area contributed by atoms with Crippen molar-refractivity contribution in [3.05, 3.63) is 83.8 Å². The highest BCUT2D eigenvalue weighted by Crippen LogP contribution is 2.02. The third kappa shape index (κ3) is 8.07. The summed E-state index contributed by atoms with van der Waals surface area (Å²) in [6.45, 7) is 0. The second-order valence-corrected chi connectivity index (χ2v) is 3.97. The molecule has 0 aliphatic carbocycles. The van der Waals surface area contributed by atoms with Crippen LogP contribution in [0.1, 0.15) is 0 Å². The van der Waals surface area contributed by atoms with Gasteiger partial charge in [-0.3, -0.25) is 4.98 Å². The summed E-state index contributed by atoms with van der Waals surface area (Å²) in [5.74, 6) is 0.322. The van der Waals surface area contributed by atoms with Gasteiger partial charge in [-0.05, 0) is 35.0 Å². The fourth-order valence-electron chi connectivity index (χ4n) is 0.967. The van der Waals surface area contributed by atoms with Crippen molar-refractivity contribution in [2.24, 2.45) is 0 Å². The number of phenolic OH excluding ortho intramolecular Hbond substituents is 1. The fourth-order valence-corrected chi connectivity index (χ4v) is 1.42. The summed E-state index contributed by atoms with van der Waals surface area (Å²) < 4.78 is 0. The standard InChI is InChI=1S/C6H6O.C5H5N.C4H4S/c7-6-4-2-1-3-5-6;1-2-4-6-5-3-1;1-2-4-5-3-1/h1-5,7H;1-5H;1-4H. The Morgan fingerprint density at radius 2 is 1.28 bits per heavy atom. The molecule has 0 saturated heterocycles. The monoisotopic (exact) mass is 257 g/mol. The zero-order valence-electron chi connectivity index (χ0n) is 9.89. The van der Waals surface area contributed by atoms with Gasteiger partial charge in [0.2, 0.25) is 0 Å². The van der Waals surface area contributed by atoms with Crippen LogP contribution in [0.5, 0.6) is 5.75 Å². The van der Waals surface area contributed by atoms with Crippen molar-refractivity contribution in [1.29, 1.82) is 0 Å². The maximum atomic E-state index is 8.63. The number of aromatic hydroxyl groups is 1. The van der Waals surface area contributed by atoms with Gasteiger partial charge in [0, 0.05) is 12.4 Å². The van der Waals surface area contributed by atoms with Gasteiger partial charge in [0.1, 0.15) is 5.75 Å². The van der Waals surface area contributed by atoms with Crippen LogP contribution < -0.4 is 0 Å². The van der Waals surface area contributed by atoms with Crippen LogP contribution >= 0.6 is 11.3 Å². The van der Waals surface area contributed by atoms with Gasteiger partial charge in [-0.15, -0.1) is 0 Å². The molecule has 1 N–H and O–H groups in total. The minimum atomic E-state index is 0.322. The molecule has 0 aliphatic heterocycles. The molecule has 0 fully saturated rings. The van der Waals surface area contributed by atoms with Crippen molar-refractivity contribution in [3.8, 4) is 5.75 Å². The van der Waals surface area contributed by atoms with Gasteiger partial charge in [-0.1, -0.05) is 36.4 Å².